The first-order valence-corrected chi connectivity index (χ1v) is 12.4. The molecule has 4 heteroatoms. The van der Waals surface area contributed by atoms with E-state index in [1.807, 2.05) is 0 Å². The van der Waals surface area contributed by atoms with Crippen LogP contribution in [0, 0.1) is 0 Å². The molecule has 6 rings (SSSR count). The van der Waals surface area contributed by atoms with Gasteiger partial charge in [-0.05, 0) is 103 Å². The summed E-state index contributed by atoms with van der Waals surface area (Å²) in [6.45, 7) is 0. The summed E-state index contributed by atoms with van der Waals surface area (Å²) >= 11 is 15.5. The lowest BCUT2D eigenvalue weighted by molar-refractivity contribution is 0.787. The zero-order valence-electron chi connectivity index (χ0n) is 14.9. The van der Waals surface area contributed by atoms with E-state index in [4.69, 9.17) is 0 Å². The fraction of sp³-hybridized carbons (Fsp3) is 0.0400. The monoisotopic (exact) mass is 628 g/mol. The van der Waals surface area contributed by atoms with Gasteiger partial charge in [0.2, 0.25) is 0 Å². The first-order chi connectivity index (χ1) is 14.1. The topological polar surface area (TPSA) is 0 Å². The molecule has 0 aromatic heterocycles. The minimum absolute atomic E-state index is 0.344. The maximum absolute atomic E-state index is 3.97. The average Bonchev–Trinajstić information content (AvgIpc) is 3.24. The van der Waals surface area contributed by atoms with E-state index in [1.54, 1.807) is 0 Å². The van der Waals surface area contributed by atoms with Gasteiger partial charge in [-0.3, -0.25) is 0 Å². The Labute approximate surface area is 202 Å². The molecule has 29 heavy (non-hydrogen) atoms. The van der Waals surface area contributed by atoms with Crippen LogP contribution in [0.1, 0.15) is 22.3 Å². The summed E-state index contributed by atoms with van der Waals surface area (Å²) in [5.41, 5.74) is 10.1. The fourth-order valence-electron chi connectivity index (χ4n) is 5.19. The average molecular weight is 632 g/mol. The van der Waals surface area contributed by atoms with E-state index in [0.29, 0.717) is 0 Å². The van der Waals surface area contributed by atoms with E-state index < -0.39 is 0 Å². The first kappa shape index (κ1) is 18.6. The van der Waals surface area contributed by atoms with Gasteiger partial charge in [0, 0.05) is 23.5 Å². The lowest BCUT2D eigenvalue weighted by atomic mass is 9.70. The second kappa shape index (κ2) is 6.40. The predicted octanol–water partition coefficient (Wildman–Crippen LogP) is 9.08. The Morgan fingerprint density at radius 3 is 1.41 bits per heavy atom. The van der Waals surface area contributed by atoms with E-state index in [-0.39, 0.29) is 5.41 Å². The molecule has 4 aromatic carbocycles. The third-order valence-electron chi connectivity index (χ3n) is 6.19. The SMILES string of the molecule is Brc1c(Br)c(Br)c2c(c1Br)-c1ccccc1C21c2ccccc2-c2ccccc21. The molecule has 0 bridgehead atoms. The van der Waals surface area contributed by atoms with Gasteiger partial charge < -0.3 is 0 Å². The molecular weight excluding hydrogens is 620 g/mol. The smallest absolute Gasteiger partial charge is 0.0619 e. The summed E-state index contributed by atoms with van der Waals surface area (Å²) in [6, 6.07) is 26.5. The summed E-state index contributed by atoms with van der Waals surface area (Å²) in [5, 5.41) is 0. The number of rotatable bonds is 0. The number of hydrogen-bond acceptors (Lipinski definition) is 0. The summed E-state index contributed by atoms with van der Waals surface area (Å²) in [7, 11) is 0. The van der Waals surface area contributed by atoms with Gasteiger partial charge in [-0.25, -0.2) is 0 Å². The molecule has 0 radical (unpaired) electrons. The third-order valence-corrected chi connectivity index (χ3v) is 11.0. The normalized spacial score (nSPS) is 14.5. The first-order valence-electron chi connectivity index (χ1n) is 9.24. The van der Waals surface area contributed by atoms with Gasteiger partial charge in [-0.15, -0.1) is 0 Å². The third kappa shape index (κ3) is 2.14. The number of fused-ring (bicyclic) bond motifs is 10. The van der Waals surface area contributed by atoms with Gasteiger partial charge in [0.15, 0.2) is 0 Å². The van der Waals surface area contributed by atoms with Gasteiger partial charge in [-0.1, -0.05) is 72.8 Å². The van der Waals surface area contributed by atoms with Gasteiger partial charge in [0.1, 0.15) is 0 Å². The zero-order chi connectivity index (χ0) is 19.9. The maximum atomic E-state index is 3.97. The van der Waals surface area contributed by atoms with Crippen LogP contribution in [0.2, 0.25) is 0 Å². The lowest BCUT2D eigenvalue weighted by Gasteiger charge is -2.31. The molecule has 0 heterocycles. The van der Waals surface area contributed by atoms with Crippen LogP contribution >= 0.6 is 63.7 Å². The van der Waals surface area contributed by atoms with Crippen LogP contribution < -0.4 is 0 Å². The van der Waals surface area contributed by atoms with Gasteiger partial charge in [-0.2, -0.15) is 0 Å². The molecule has 0 amide bonds. The summed E-state index contributed by atoms with van der Waals surface area (Å²) < 4.78 is 4.21. The van der Waals surface area contributed by atoms with Crippen molar-refractivity contribution in [3.05, 3.63) is 113 Å². The van der Waals surface area contributed by atoms with Crippen molar-refractivity contribution in [2.75, 3.05) is 0 Å². The van der Waals surface area contributed by atoms with Crippen molar-refractivity contribution in [3.63, 3.8) is 0 Å². The molecule has 2 aliphatic rings. The van der Waals surface area contributed by atoms with Gasteiger partial charge >= 0.3 is 0 Å². The standard InChI is InChI=1S/C25H12Br4/c26-21-19-15-9-3-6-12-18(15)25(20(19)22(27)24(29)23(21)28)16-10-4-1-7-13(16)14-8-2-5-11-17(14)25/h1-12H. The fourth-order valence-corrected chi connectivity index (χ4v) is 7.82. The summed E-state index contributed by atoms with van der Waals surface area (Å²) in [5.74, 6) is 0. The molecule has 0 aliphatic heterocycles. The lowest BCUT2D eigenvalue weighted by Crippen LogP contribution is -2.26. The van der Waals surface area contributed by atoms with Crippen LogP contribution in [0.3, 0.4) is 0 Å². The van der Waals surface area contributed by atoms with Crippen molar-refractivity contribution in [2.45, 2.75) is 5.41 Å². The van der Waals surface area contributed by atoms with Gasteiger partial charge in [0.25, 0.3) is 0 Å². The van der Waals surface area contributed by atoms with E-state index in [0.717, 1.165) is 17.9 Å². The van der Waals surface area contributed by atoms with Crippen molar-refractivity contribution in [1.29, 1.82) is 0 Å². The van der Waals surface area contributed by atoms with Crippen LogP contribution in [-0.2, 0) is 5.41 Å². The Morgan fingerprint density at radius 2 is 0.862 bits per heavy atom. The molecule has 0 nitrogen and oxygen atoms in total. The van der Waals surface area contributed by atoms with Crippen LogP contribution in [0.5, 0.6) is 0 Å². The van der Waals surface area contributed by atoms with Crippen molar-refractivity contribution in [2.24, 2.45) is 0 Å². The molecule has 140 valence electrons. The minimum Gasteiger partial charge on any atom is -0.0619 e. The zero-order valence-corrected chi connectivity index (χ0v) is 21.3. The highest BCUT2D eigenvalue weighted by molar-refractivity contribution is 9.15. The van der Waals surface area contributed by atoms with E-state index in [2.05, 4.69) is 137 Å². The molecule has 0 fully saturated rings. The molecule has 0 saturated heterocycles. The molecule has 1 spiro atoms. The van der Waals surface area contributed by atoms with Crippen molar-refractivity contribution in [3.8, 4) is 22.3 Å². The summed E-state index contributed by atoms with van der Waals surface area (Å²) in [6.07, 6.45) is 0. The van der Waals surface area contributed by atoms with Crippen LogP contribution in [0.4, 0.5) is 0 Å². The second-order valence-electron chi connectivity index (χ2n) is 7.39. The largest absolute Gasteiger partial charge is 0.0737 e. The van der Waals surface area contributed by atoms with Gasteiger partial charge in [0.05, 0.1) is 5.41 Å². The Bertz CT molecular complexity index is 1310. The number of benzene rings is 4. The van der Waals surface area contributed by atoms with E-state index >= 15 is 0 Å². The van der Waals surface area contributed by atoms with Crippen molar-refractivity contribution < 1.29 is 0 Å². The maximum Gasteiger partial charge on any atom is 0.0737 e. The van der Waals surface area contributed by atoms with Crippen molar-refractivity contribution in [1.82, 2.24) is 0 Å². The van der Waals surface area contributed by atoms with E-state index in [1.165, 1.54) is 44.5 Å². The molecule has 4 aromatic rings. The van der Waals surface area contributed by atoms with Crippen LogP contribution in [-0.4, -0.2) is 0 Å². The van der Waals surface area contributed by atoms with Crippen molar-refractivity contribution >= 4 is 63.7 Å². The quantitative estimate of drug-likeness (QED) is 0.116. The minimum atomic E-state index is -0.344. The van der Waals surface area contributed by atoms with Crippen LogP contribution in [0.15, 0.2) is 90.7 Å². The predicted molar refractivity (Wildman–Crippen MR) is 134 cm³/mol. The Hall–Kier alpha value is -1.20. The molecule has 0 saturated carbocycles. The molecule has 0 unspecified atom stereocenters. The van der Waals surface area contributed by atoms with E-state index in [9.17, 15) is 0 Å². The highest BCUT2D eigenvalue weighted by Gasteiger charge is 2.53. The Balaban J connectivity index is 1.92. The highest BCUT2D eigenvalue weighted by Crippen LogP contribution is 2.66. The molecule has 2 aliphatic carbocycles. The molecule has 0 N–H and O–H groups in total. The molecular formula is C25H12Br4. The Kier molecular flexibility index (Phi) is 4.10. The molecule has 0 atom stereocenters. The summed E-state index contributed by atoms with van der Waals surface area (Å²) in [4.78, 5) is 0. The Morgan fingerprint density at radius 1 is 0.448 bits per heavy atom. The second-order valence-corrected chi connectivity index (χ2v) is 10.6. The number of hydrogen-bond donors (Lipinski definition) is 0. The highest BCUT2D eigenvalue weighted by atomic mass is 79.9. The number of halogens is 4. The van der Waals surface area contributed by atoms with Crippen LogP contribution in [0.25, 0.3) is 22.3 Å².